The molecule has 4 rings (SSSR count). The Balaban J connectivity index is 1.40. The molecule has 28 heavy (non-hydrogen) atoms. The molecular formula is C24H25N3O. The first-order valence-corrected chi connectivity index (χ1v) is 9.85. The van der Waals surface area contributed by atoms with Gasteiger partial charge in [0.25, 0.3) is 0 Å². The first kappa shape index (κ1) is 18.2. The second-order valence-electron chi connectivity index (χ2n) is 7.19. The number of carbonyl (C=O) groups is 1. The van der Waals surface area contributed by atoms with Crippen molar-refractivity contribution < 1.29 is 4.79 Å². The predicted molar refractivity (Wildman–Crippen MR) is 112 cm³/mol. The van der Waals surface area contributed by atoms with Crippen LogP contribution in [0.2, 0.25) is 0 Å². The molecule has 0 saturated heterocycles. The van der Waals surface area contributed by atoms with Gasteiger partial charge in [0.1, 0.15) is 0 Å². The summed E-state index contributed by atoms with van der Waals surface area (Å²) in [7, 11) is 0. The van der Waals surface area contributed by atoms with Gasteiger partial charge in [-0.3, -0.25) is 9.78 Å². The van der Waals surface area contributed by atoms with E-state index in [4.69, 9.17) is 0 Å². The molecule has 4 nitrogen and oxygen atoms in total. The van der Waals surface area contributed by atoms with Crippen molar-refractivity contribution >= 4 is 11.6 Å². The van der Waals surface area contributed by atoms with Crippen molar-refractivity contribution in [3.8, 4) is 0 Å². The number of amides is 1. The molecule has 2 heterocycles. The number of nitrogens with zero attached hydrogens (tertiary/aromatic N) is 2. The van der Waals surface area contributed by atoms with Crippen LogP contribution in [0.25, 0.3) is 0 Å². The maximum absolute atomic E-state index is 13.0. The summed E-state index contributed by atoms with van der Waals surface area (Å²) in [5.41, 5.74) is 4.80. The van der Waals surface area contributed by atoms with Crippen LogP contribution >= 0.6 is 0 Å². The Morgan fingerprint density at radius 3 is 2.68 bits per heavy atom. The Morgan fingerprint density at radius 2 is 1.86 bits per heavy atom. The Kier molecular flexibility index (Phi) is 5.66. The highest BCUT2D eigenvalue weighted by atomic mass is 16.1. The summed E-state index contributed by atoms with van der Waals surface area (Å²) in [5.74, 6) is -0.140. The van der Waals surface area contributed by atoms with Gasteiger partial charge in [-0.25, -0.2) is 0 Å². The fraction of sp³-hybridized carbons (Fsp3) is 0.250. The summed E-state index contributed by atoms with van der Waals surface area (Å²) in [6.07, 6.45) is 5.33. The van der Waals surface area contributed by atoms with Crippen molar-refractivity contribution in [1.82, 2.24) is 10.3 Å². The van der Waals surface area contributed by atoms with E-state index in [9.17, 15) is 4.79 Å². The van der Waals surface area contributed by atoms with E-state index >= 15 is 0 Å². The van der Waals surface area contributed by atoms with E-state index in [2.05, 4.69) is 39.5 Å². The van der Waals surface area contributed by atoms with E-state index < -0.39 is 0 Å². The number of hydrogen-bond acceptors (Lipinski definition) is 3. The number of benzene rings is 2. The second kappa shape index (κ2) is 8.70. The van der Waals surface area contributed by atoms with Crippen molar-refractivity contribution in [1.29, 1.82) is 0 Å². The van der Waals surface area contributed by atoms with Crippen LogP contribution in [0.3, 0.4) is 0 Å². The van der Waals surface area contributed by atoms with Crippen molar-refractivity contribution in [2.45, 2.75) is 18.8 Å². The lowest BCUT2D eigenvalue weighted by molar-refractivity contribution is -0.122. The van der Waals surface area contributed by atoms with Crippen LogP contribution in [0, 0.1) is 0 Å². The van der Waals surface area contributed by atoms with Gasteiger partial charge in [-0.1, -0.05) is 54.6 Å². The normalized spacial score (nSPS) is 13.8. The zero-order chi connectivity index (χ0) is 19.2. The summed E-state index contributed by atoms with van der Waals surface area (Å²) in [6.45, 7) is 2.49. The lowest BCUT2D eigenvalue weighted by Gasteiger charge is -2.21. The minimum absolute atomic E-state index is 0.0718. The number of rotatable bonds is 7. The standard InChI is InChI=1S/C24H25N3O/c28-24(26-14-16-27-15-12-21-10-4-5-11-23(21)27)22(20-8-2-1-3-9-20)17-19-7-6-13-25-18-19/h1-11,13,18,22H,12,14-17H2,(H,26,28). The summed E-state index contributed by atoms with van der Waals surface area (Å²) in [5, 5.41) is 3.16. The third-order valence-corrected chi connectivity index (χ3v) is 5.35. The molecular weight excluding hydrogens is 346 g/mol. The van der Waals surface area contributed by atoms with Crippen molar-refractivity contribution in [3.05, 3.63) is 95.8 Å². The lowest BCUT2D eigenvalue weighted by Crippen LogP contribution is -2.37. The molecule has 2 aromatic carbocycles. The van der Waals surface area contributed by atoms with E-state index in [-0.39, 0.29) is 11.8 Å². The molecule has 1 aliphatic heterocycles. The molecule has 142 valence electrons. The molecule has 1 N–H and O–H groups in total. The summed E-state index contributed by atoms with van der Waals surface area (Å²) in [4.78, 5) is 19.6. The highest BCUT2D eigenvalue weighted by Gasteiger charge is 2.22. The topological polar surface area (TPSA) is 45.2 Å². The third-order valence-electron chi connectivity index (χ3n) is 5.35. The first-order valence-electron chi connectivity index (χ1n) is 9.85. The Labute approximate surface area is 166 Å². The van der Waals surface area contributed by atoms with Gasteiger partial charge >= 0.3 is 0 Å². The molecule has 0 aliphatic carbocycles. The second-order valence-corrected chi connectivity index (χ2v) is 7.19. The van der Waals surface area contributed by atoms with Crippen molar-refractivity contribution in [3.63, 3.8) is 0 Å². The van der Waals surface area contributed by atoms with Crippen LogP contribution in [-0.2, 0) is 17.6 Å². The van der Waals surface area contributed by atoms with Crippen LogP contribution in [0.15, 0.2) is 79.1 Å². The Bertz CT molecular complexity index is 911. The largest absolute Gasteiger partial charge is 0.369 e. The average Bonchev–Trinajstić information content (AvgIpc) is 3.16. The zero-order valence-electron chi connectivity index (χ0n) is 15.9. The van der Waals surface area contributed by atoms with Crippen molar-refractivity contribution in [2.24, 2.45) is 0 Å². The minimum atomic E-state index is -0.212. The van der Waals surface area contributed by atoms with Gasteiger partial charge in [-0.15, -0.1) is 0 Å². The molecule has 1 aliphatic rings. The van der Waals surface area contributed by atoms with Gasteiger partial charge in [0.2, 0.25) is 5.91 Å². The van der Waals surface area contributed by atoms with E-state index in [1.54, 1.807) is 6.20 Å². The van der Waals surface area contributed by atoms with E-state index in [0.29, 0.717) is 13.0 Å². The highest BCUT2D eigenvalue weighted by Crippen LogP contribution is 2.27. The molecule has 1 atom stereocenters. The van der Waals surface area contributed by atoms with E-state index in [0.717, 1.165) is 30.6 Å². The van der Waals surface area contributed by atoms with E-state index in [1.807, 2.05) is 48.7 Å². The lowest BCUT2D eigenvalue weighted by atomic mass is 9.92. The highest BCUT2D eigenvalue weighted by molar-refractivity contribution is 5.84. The average molecular weight is 371 g/mol. The SMILES string of the molecule is O=C(NCCN1CCc2ccccc21)C(Cc1cccnc1)c1ccccc1. The minimum Gasteiger partial charge on any atom is -0.369 e. The molecule has 0 fully saturated rings. The number of carbonyl (C=O) groups excluding carboxylic acids is 1. The fourth-order valence-electron chi connectivity index (χ4n) is 3.88. The number of fused-ring (bicyclic) bond motifs is 1. The molecule has 1 amide bonds. The fourth-order valence-corrected chi connectivity index (χ4v) is 3.88. The van der Waals surface area contributed by atoms with Gasteiger partial charge in [0.05, 0.1) is 5.92 Å². The molecule has 1 unspecified atom stereocenters. The van der Waals surface area contributed by atoms with E-state index in [1.165, 1.54) is 11.3 Å². The van der Waals surface area contributed by atoms with Gasteiger partial charge in [-0.05, 0) is 41.7 Å². The number of pyridine rings is 1. The van der Waals surface area contributed by atoms with Crippen LogP contribution in [0.4, 0.5) is 5.69 Å². The monoisotopic (exact) mass is 371 g/mol. The number of hydrogen-bond donors (Lipinski definition) is 1. The van der Waals surface area contributed by atoms with Crippen LogP contribution in [0.5, 0.6) is 0 Å². The number of aromatic nitrogens is 1. The summed E-state index contributed by atoms with van der Waals surface area (Å²) < 4.78 is 0. The number of anilines is 1. The van der Waals surface area contributed by atoms with Gasteiger partial charge in [-0.2, -0.15) is 0 Å². The first-order chi connectivity index (χ1) is 13.8. The molecule has 0 spiro atoms. The van der Waals surface area contributed by atoms with Crippen LogP contribution in [-0.4, -0.2) is 30.5 Å². The molecule has 4 heteroatoms. The molecule has 3 aromatic rings. The quantitative estimate of drug-likeness (QED) is 0.690. The maximum atomic E-state index is 13.0. The number of para-hydroxylation sites is 1. The molecule has 0 radical (unpaired) electrons. The molecule has 1 aromatic heterocycles. The molecule has 0 saturated carbocycles. The zero-order valence-corrected chi connectivity index (χ0v) is 15.9. The molecule has 0 bridgehead atoms. The van der Waals surface area contributed by atoms with Gasteiger partial charge in [0, 0.05) is 37.7 Å². The Hall–Kier alpha value is -3.14. The third kappa shape index (κ3) is 4.22. The number of nitrogens with one attached hydrogen (secondary N) is 1. The summed E-state index contributed by atoms with van der Waals surface area (Å²) >= 11 is 0. The smallest absolute Gasteiger partial charge is 0.227 e. The van der Waals surface area contributed by atoms with Gasteiger partial charge < -0.3 is 10.2 Å². The van der Waals surface area contributed by atoms with Gasteiger partial charge in [0.15, 0.2) is 0 Å². The van der Waals surface area contributed by atoms with Crippen molar-refractivity contribution in [2.75, 3.05) is 24.5 Å². The van der Waals surface area contributed by atoms with Crippen LogP contribution in [0.1, 0.15) is 22.6 Å². The maximum Gasteiger partial charge on any atom is 0.227 e. The Morgan fingerprint density at radius 1 is 1.04 bits per heavy atom. The predicted octanol–water partition coefficient (Wildman–Crippen LogP) is 3.59. The van der Waals surface area contributed by atoms with Crippen LogP contribution < -0.4 is 10.2 Å². The summed E-state index contributed by atoms with van der Waals surface area (Å²) in [6, 6.07) is 22.5.